The van der Waals surface area contributed by atoms with Gasteiger partial charge in [-0.1, -0.05) is 6.92 Å². The number of hydrogen-bond acceptors (Lipinski definition) is 5. The van der Waals surface area contributed by atoms with Crippen molar-refractivity contribution >= 4 is 24.6 Å². The van der Waals surface area contributed by atoms with Crippen LogP contribution in [-0.4, -0.2) is 51.7 Å². The summed E-state index contributed by atoms with van der Waals surface area (Å²) in [6, 6.07) is 0.708. The van der Waals surface area contributed by atoms with Crippen LogP contribution in [0.3, 0.4) is 0 Å². The smallest absolute Gasteiger partial charge is 0.0408 e. The second kappa shape index (κ2) is 4.40. The Bertz CT molecular complexity index is 179. The largest absolute Gasteiger partial charge is 0.215 e. The Morgan fingerprint density at radius 3 is 3.08 bits per heavy atom. The first kappa shape index (κ1) is 10.1. The van der Waals surface area contributed by atoms with Gasteiger partial charge < -0.3 is 0 Å². The average Bonchev–Trinajstić information content (AvgIpc) is 2.67. The summed E-state index contributed by atoms with van der Waals surface area (Å²) in [6.45, 7) is 5.76. The molecule has 0 aromatic heterocycles. The van der Waals surface area contributed by atoms with Crippen molar-refractivity contribution in [1.82, 2.24) is 14.5 Å². The highest BCUT2D eigenvalue weighted by molar-refractivity contribution is 7.97. The Labute approximate surface area is 89.9 Å². The number of thiol groups is 1. The van der Waals surface area contributed by atoms with Crippen molar-refractivity contribution in [3.63, 3.8) is 0 Å². The molecule has 13 heavy (non-hydrogen) atoms. The third kappa shape index (κ3) is 1.85. The highest BCUT2D eigenvalue weighted by Gasteiger charge is 2.39. The lowest BCUT2D eigenvalue weighted by molar-refractivity contribution is -0.0132. The fourth-order valence-corrected chi connectivity index (χ4v) is 3.32. The predicted molar refractivity (Wildman–Crippen MR) is 60.5 cm³/mol. The lowest BCUT2D eigenvalue weighted by atomic mass is 10.2. The fourth-order valence-electron chi connectivity index (χ4n) is 1.98. The Morgan fingerprint density at radius 2 is 2.38 bits per heavy atom. The highest BCUT2D eigenvalue weighted by Crippen LogP contribution is 2.32. The van der Waals surface area contributed by atoms with Crippen molar-refractivity contribution in [2.75, 3.05) is 31.1 Å². The van der Waals surface area contributed by atoms with E-state index in [9.17, 15) is 0 Å². The molecule has 0 N–H and O–H groups in total. The Balaban J connectivity index is 2.01. The van der Waals surface area contributed by atoms with Gasteiger partial charge in [0.05, 0.1) is 0 Å². The standard InChI is InChI=1S/C8H17N3S2/c1-2-8-7-9-4-6-13-11(9)10(8)3-5-12/h8,12H,2-7H2,1H3. The van der Waals surface area contributed by atoms with E-state index in [4.69, 9.17) is 0 Å². The Hall–Kier alpha value is 0.580. The predicted octanol–water partition coefficient (Wildman–Crippen LogP) is 1.11. The van der Waals surface area contributed by atoms with E-state index in [2.05, 4.69) is 34.1 Å². The quantitative estimate of drug-likeness (QED) is 0.562. The maximum Gasteiger partial charge on any atom is 0.0408 e. The first-order chi connectivity index (χ1) is 6.36. The van der Waals surface area contributed by atoms with Crippen LogP contribution in [0, 0.1) is 0 Å². The van der Waals surface area contributed by atoms with E-state index < -0.39 is 0 Å². The van der Waals surface area contributed by atoms with Crippen molar-refractivity contribution in [3.05, 3.63) is 0 Å². The van der Waals surface area contributed by atoms with Crippen molar-refractivity contribution in [2.24, 2.45) is 0 Å². The van der Waals surface area contributed by atoms with Gasteiger partial charge in [-0.3, -0.25) is 0 Å². The van der Waals surface area contributed by atoms with Gasteiger partial charge in [0.25, 0.3) is 0 Å². The van der Waals surface area contributed by atoms with E-state index >= 15 is 0 Å². The van der Waals surface area contributed by atoms with Gasteiger partial charge in [-0.15, -0.1) is 4.52 Å². The number of fused-ring (bicyclic) bond motifs is 1. The molecule has 0 amide bonds. The summed E-state index contributed by atoms with van der Waals surface area (Å²) in [6.07, 6.45) is 1.24. The van der Waals surface area contributed by atoms with Gasteiger partial charge in [0.1, 0.15) is 0 Å². The van der Waals surface area contributed by atoms with Crippen molar-refractivity contribution < 1.29 is 0 Å². The normalized spacial score (nSPS) is 31.4. The first-order valence-electron chi connectivity index (χ1n) is 4.92. The molecule has 0 bridgehead atoms. The number of hydrogen-bond donors (Lipinski definition) is 1. The number of nitrogens with zero attached hydrogens (tertiary/aromatic N) is 3. The molecular formula is C8H17N3S2. The highest BCUT2D eigenvalue weighted by atomic mass is 32.2. The summed E-state index contributed by atoms with van der Waals surface area (Å²) < 4.78 is 2.35. The molecule has 1 unspecified atom stereocenters. The molecule has 2 aliphatic heterocycles. The molecular weight excluding hydrogens is 202 g/mol. The second-order valence-corrected chi connectivity index (χ2v) is 4.89. The van der Waals surface area contributed by atoms with Crippen molar-refractivity contribution in [3.8, 4) is 0 Å². The molecule has 0 spiro atoms. The summed E-state index contributed by atoms with van der Waals surface area (Å²) in [5.74, 6) is 2.18. The zero-order valence-corrected chi connectivity index (χ0v) is 9.73. The molecule has 2 rings (SSSR count). The zero-order valence-electron chi connectivity index (χ0n) is 8.02. The average molecular weight is 219 g/mol. The minimum atomic E-state index is 0.708. The summed E-state index contributed by atoms with van der Waals surface area (Å²) >= 11 is 6.24. The zero-order chi connectivity index (χ0) is 9.26. The van der Waals surface area contributed by atoms with E-state index in [1.54, 1.807) is 0 Å². The molecule has 2 fully saturated rings. The van der Waals surface area contributed by atoms with Gasteiger partial charge in [-0.05, 0) is 18.4 Å². The maximum atomic E-state index is 4.31. The maximum absolute atomic E-state index is 4.31. The molecule has 0 aliphatic carbocycles. The van der Waals surface area contributed by atoms with E-state index in [-0.39, 0.29) is 0 Å². The van der Waals surface area contributed by atoms with Gasteiger partial charge in [-0.25, -0.2) is 10.0 Å². The van der Waals surface area contributed by atoms with Crippen LogP contribution in [0.4, 0.5) is 0 Å². The first-order valence-corrected chi connectivity index (χ1v) is 6.49. The van der Waals surface area contributed by atoms with Gasteiger partial charge in [0.2, 0.25) is 0 Å². The van der Waals surface area contributed by atoms with Gasteiger partial charge in [0.15, 0.2) is 0 Å². The fraction of sp³-hybridized carbons (Fsp3) is 1.00. The second-order valence-electron chi connectivity index (χ2n) is 3.45. The minimum Gasteiger partial charge on any atom is -0.215 e. The van der Waals surface area contributed by atoms with Gasteiger partial charge in [0, 0.05) is 37.2 Å². The van der Waals surface area contributed by atoms with E-state index in [1.165, 1.54) is 25.3 Å². The molecule has 0 saturated carbocycles. The van der Waals surface area contributed by atoms with Crippen LogP contribution in [0.5, 0.6) is 0 Å². The van der Waals surface area contributed by atoms with Crippen LogP contribution in [0.15, 0.2) is 0 Å². The van der Waals surface area contributed by atoms with Crippen molar-refractivity contribution in [2.45, 2.75) is 19.4 Å². The summed E-state index contributed by atoms with van der Waals surface area (Å²) in [5, 5.41) is 4.91. The van der Waals surface area contributed by atoms with Crippen LogP contribution in [0.2, 0.25) is 0 Å². The van der Waals surface area contributed by atoms with Crippen LogP contribution in [0.1, 0.15) is 13.3 Å². The molecule has 1 atom stereocenters. The molecule has 2 saturated heterocycles. The van der Waals surface area contributed by atoms with Crippen LogP contribution in [-0.2, 0) is 0 Å². The molecule has 5 heteroatoms. The lowest BCUT2D eigenvalue weighted by Gasteiger charge is -2.28. The molecule has 3 nitrogen and oxygen atoms in total. The van der Waals surface area contributed by atoms with Crippen LogP contribution < -0.4 is 0 Å². The van der Waals surface area contributed by atoms with Crippen LogP contribution >= 0.6 is 24.6 Å². The topological polar surface area (TPSA) is 9.72 Å². The Kier molecular flexibility index (Phi) is 3.42. The van der Waals surface area contributed by atoms with Gasteiger partial charge >= 0.3 is 0 Å². The number of rotatable bonds is 3. The van der Waals surface area contributed by atoms with Crippen LogP contribution in [0.25, 0.3) is 0 Å². The monoisotopic (exact) mass is 219 g/mol. The lowest BCUT2D eigenvalue weighted by Crippen LogP contribution is -2.39. The molecule has 2 heterocycles. The summed E-state index contributed by atoms with van der Waals surface area (Å²) in [7, 11) is 0. The summed E-state index contributed by atoms with van der Waals surface area (Å²) in [4.78, 5) is 0. The van der Waals surface area contributed by atoms with Crippen molar-refractivity contribution in [1.29, 1.82) is 0 Å². The van der Waals surface area contributed by atoms with E-state index in [0.717, 1.165) is 12.3 Å². The Morgan fingerprint density at radius 1 is 1.54 bits per heavy atom. The summed E-state index contributed by atoms with van der Waals surface area (Å²) in [5.41, 5.74) is 0. The SMILES string of the molecule is CCC1CN2CCSN2N1CCS. The number of hydrazine groups is 2. The van der Waals surface area contributed by atoms with Gasteiger partial charge in [-0.2, -0.15) is 12.6 Å². The molecule has 0 radical (unpaired) electrons. The molecule has 0 aromatic carbocycles. The third-order valence-electron chi connectivity index (χ3n) is 2.66. The van der Waals surface area contributed by atoms with E-state index in [1.807, 2.05) is 11.9 Å². The minimum absolute atomic E-state index is 0.708. The third-order valence-corrected chi connectivity index (χ3v) is 3.90. The van der Waals surface area contributed by atoms with E-state index in [0.29, 0.717) is 6.04 Å². The molecule has 76 valence electrons. The molecule has 2 aliphatic rings. The molecule has 0 aromatic rings.